The lowest BCUT2D eigenvalue weighted by Gasteiger charge is -2.08. The molecule has 0 amide bonds. The van der Waals surface area contributed by atoms with Crippen molar-refractivity contribution in [2.45, 2.75) is 0 Å². The lowest BCUT2D eigenvalue weighted by atomic mass is 10.6. The minimum atomic E-state index is -0.171. The van der Waals surface area contributed by atoms with Crippen molar-refractivity contribution < 1.29 is 5.11 Å². The van der Waals surface area contributed by atoms with Gasteiger partial charge in [-0.2, -0.15) is 0 Å². The van der Waals surface area contributed by atoms with Gasteiger partial charge in [-0.1, -0.05) is 6.58 Å². The third-order valence-corrected chi connectivity index (χ3v) is 0.736. The molecule has 0 bridgehead atoms. The first-order valence-electron chi connectivity index (χ1n) is 2.81. The van der Waals surface area contributed by atoms with Gasteiger partial charge in [0.25, 0.3) is 0 Å². The van der Waals surface area contributed by atoms with Crippen LogP contribution in [0.25, 0.3) is 0 Å². The summed E-state index contributed by atoms with van der Waals surface area (Å²) >= 11 is 0. The lowest BCUT2D eigenvalue weighted by Crippen LogP contribution is -2.36. The summed E-state index contributed by atoms with van der Waals surface area (Å²) in [5, 5.41) is 20.2. The van der Waals surface area contributed by atoms with Gasteiger partial charge in [-0.15, -0.1) is 0 Å². The van der Waals surface area contributed by atoms with Gasteiger partial charge in [0.2, 0.25) is 0 Å². The third kappa shape index (κ3) is 4.92. The minimum Gasteiger partial charge on any atom is -0.395 e. The van der Waals surface area contributed by atoms with E-state index in [9.17, 15) is 0 Å². The Labute approximate surface area is 59.4 Å². The molecule has 10 heavy (non-hydrogen) atoms. The Morgan fingerprint density at radius 2 is 2.30 bits per heavy atom. The average molecular weight is 144 g/mol. The van der Waals surface area contributed by atoms with Crippen LogP contribution >= 0.6 is 0 Å². The fourth-order valence-corrected chi connectivity index (χ4v) is 0.414. The van der Waals surface area contributed by atoms with E-state index >= 15 is 0 Å². The highest BCUT2D eigenvalue weighted by Crippen LogP contribution is 1.71. The van der Waals surface area contributed by atoms with Gasteiger partial charge >= 0.3 is 0 Å². The van der Waals surface area contributed by atoms with E-state index in [1.54, 1.807) is 0 Å². The van der Waals surface area contributed by atoms with Gasteiger partial charge in [-0.3, -0.25) is 5.41 Å². The first kappa shape index (κ1) is 8.77. The predicted molar refractivity (Wildman–Crippen MR) is 39.3 cm³/mol. The summed E-state index contributed by atoms with van der Waals surface area (Å²) in [6, 6.07) is 0. The first-order valence-corrected chi connectivity index (χ1v) is 2.81. The second-order valence-corrected chi connectivity index (χ2v) is 1.67. The molecule has 0 unspecified atom stereocenters. The zero-order valence-corrected chi connectivity index (χ0v) is 5.65. The summed E-state index contributed by atoms with van der Waals surface area (Å²) in [5.41, 5.74) is 4.97. The van der Waals surface area contributed by atoms with Gasteiger partial charge in [0, 0.05) is 6.54 Å². The maximum atomic E-state index is 8.33. The SMILES string of the molecule is C=C(NCCO)NC(=N)N. The molecule has 0 rings (SSSR count). The van der Waals surface area contributed by atoms with Crippen molar-refractivity contribution in [3.8, 4) is 0 Å². The highest BCUT2D eigenvalue weighted by molar-refractivity contribution is 5.75. The molecule has 0 aliphatic rings. The van der Waals surface area contributed by atoms with Crippen molar-refractivity contribution >= 4 is 5.96 Å². The molecule has 0 saturated heterocycles. The Bertz CT molecular complexity index is 134. The normalized spacial score (nSPS) is 8.50. The fraction of sp³-hybridized carbons (Fsp3) is 0.400. The van der Waals surface area contributed by atoms with Crippen LogP contribution in [0.1, 0.15) is 0 Å². The van der Waals surface area contributed by atoms with Crippen LogP contribution < -0.4 is 16.4 Å². The quantitative estimate of drug-likeness (QED) is 0.246. The predicted octanol–water partition coefficient (Wildman–Crippen LogP) is -1.48. The van der Waals surface area contributed by atoms with Crippen LogP contribution in [0, 0.1) is 5.41 Å². The summed E-state index contributed by atoms with van der Waals surface area (Å²) in [6.45, 7) is 3.91. The van der Waals surface area contributed by atoms with E-state index in [1.165, 1.54) is 0 Å². The van der Waals surface area contributed by atoms with Crippen molar-refractivity contribution in [3.63, 3.8) is 0 Å². The molecule has 0 aromatic carbocycles. The summed E-state index contributed by atoms with van der Waals surface area (Å²) < 4.78 is 0. The first-order chi connectivity index (χ1) is 4.66. The fourth-order valence-electron chi connectivity index (χ4n) is 0.414. The second-order valence-electron chi connectivity index (χ2n) is 1.67. The zero-order valence-electron chi connectivity index (χ0n) is 5.65. The molecular weight excluding hydrogens is 132 g/mol. The lowest BCUT2D eigenvalue weighted by molar-refractivity contribution is 0.296. The molecule has 0 aromatic heterocycles. The van der Waals surface area contributed by atoms with Crippen LogP contribution in [-0.2, 0) is 0 Å². The molecule has 0 aliphatic carbocycles. The monoisotopic (exact) mass is 144 g/mol. The number of guanidine groups is 1. The molecule has 0 fully saturated rings. The number of nitrogens with one attached hydrogen (secondary N) is 3. The molecule has 0 radical (unpaired) electrons. The Morgan fingerprint density at radius 1 is 1.70 bits per heavy atom. The van der Waals surface area contributed by atoms with Gasteiger partial charge in [0.15, 0.2) is 5.96 Å². The number of aliphatic hydroxyl groups is 1. The maximum absolute atomic E-state index is 8.33. The third-order valence-electron chi connectivity index (χ3n) is 0.736. The standard InChI is InChI=1S/C5H12N4O/c1-4(8-2-3-10)9-5(6)7/h8,10H,1-3H2,(H4,6,7,9). The van der Waals surface area contributed by atoms with Crippen molar-refractivity contribution in [2.24, 2.45) is 5.73 Å². The van der Waals surface area contributed by atoms with Crippen molar-refractivity contribution in [1.82, 2.24) is 10.6 Å². The van der Waals surface area contributed by atoms with Crippen LogP contribution in [0.5, 0.6) is 0 Å². The molecule has 0 saturated carbocycles. The van der Waals surface area contributed by atoms with E-state index in [0.717, 1.165) is 0 Å². The van der Waals surface area contributed by atoms with Crippen molar-refractivity contribution in [1.29, 1.82) is 5.41 Å². The molecule has 6 N–H and O–H groups in total. The second kappa shape index (κ2) is 4.63. The smallest absolute Gasteiger partial charge is 0.191 e. The molecule has 0 aromatic rings. The molecule has 0 heterocycles. The van der Waals surface area contributed by atoms with E-state index in [1.807, 2.05) is 0 Å². The average Bonchev–Trinajstić information content (AvgIpc) is 1.82. The van der Waals surface area contributed by atoms with Crippen molar-refractivity contribution in [2.75, 3.05) is 13.2 Å². The Balaban J connectivity index is 3.35. The molecular formula is C5H12N4O. The zero-order chi connectivity index (χ0) is 7.98. The number of rotatable bonds is 4. The number of nitrogens with two attached hydrogens (primary N) is 1. The van der Waals surface area contributed by atoms with Gasteiger partial charge in [-0.25, -0.2) is 0 Å². The van der Waals surface area contributed by atoms with E-state index in [0.29, 0.717) is 12.4 Å². The Kier molecular flexibility index (Phi) is 4.06. The van der Waals surface area contributed by atoms with E-state index in [2.05, 4.69) is 17.2 Å². The summed E-state index contributed by atoms with van der Waals surface area (Å²) in [4.78, 5) is 0. The molecule has 5 nitrogen and oxygen atoms in total. The van der Waals surface area contributed by atoms with Gasteiger partial charge in [0.1, 0.15) is 0 Å². The Morgan fingerprint density at radius 3 is 2.70 bits per heavy atom. The number of hydrogen-bond acceptors (Lipinski definition) is 3. The van der Waals surface area contributed by atoms with Crippen LogP contribution in [0.3, 0.4) is 0 Å². The van der Waals surface area contributed by atoms with E-state index in [4.69, 9.17) is 16.2 Å². The molecule has 0 atom stereocenters. The molecule has 0 spiro atoms. The summed E-state index contributed by atoms with van der Waals surface area (Å²) in [7, 11) is 0. The van der Waals surface area contributed by atoms with E-state index < -0.39 is 0 Å². The number of aliphatic hydroxyl groups excluding tert-OH is 1. The Hall–Kier alpha value is -1.23. The molecule has 0 aliphatic heterocycles. The van der Waals surface area contributed by atoms with Gasteiger partial charge in [0.05, 0.1) is 12.4 Å². The van der Waals surface area contributed by atoms with Gasteiger partial charge < -0.3 is 21.5 Å². The van der Waals surface area contributed by atoms with E-state index in [-0.39, 0.29) is 12.6 Å². The summed E-state index contributed by atoms with van der Waals surface area (Å²) in [5.74, 6) is 0.247. The largest absolute Gasteiger partial charge is 0.395 e. The minimum absolute atomic E-state index is 0.0264. The van der Waals surface area contributed by atoms with Crippen molar-refractivity contribution in [3.05, 3.63) is 12.4 Å². The van der Waals surface area contributed by atoms with Crippen LogP contribution in [0.15, 0.2) is 12.4 Å². The number of hydrogen-bond donors (Lipinski definition) is 5. The van der Waals surface area contributed by atoms with Crippen LogP contribution in [-0.4, -0.2) is 24.2 Å². The molecule has 58 valence electrons. The van der Waals surface area contributed by atoms with Gasteiger partial charge in [-0.05, 0) is 0 Å². The maximum Gasteiger partial charge on any atom is 0.191 e. The topological polar surface area (TPSA) is 94.2 Å². The van der Waals surface area contributed by atoms with Crippen LogP contribution in [0.4, 0.5) is 0 Å². The summed E-state index contributed by atoms with van der Waals surface area (Å²) in [6.07, 6.45) is 0. The highest BCUT2D eigenvalue weighted by atomic mass is 16.3. The van der Waals surface area contributed by atoms with Crippen LogP contribution in [0.2, 0.25) is 0 Å². The highest BCUT2D eigenvalue weighted by Gasteiger charge is 1.90. The molecule has 5 heteroatoms.